The van der Waals surface area contributed by atoms with Crippen molar-refractivity contribution in [2.75, 3.05) is 16.8 Å². The summed E-state index contributed by atoms with van der Waals surface area (Å²) in [4.78, 5) is 29.5. The van der Waals surface area contributed by atoms with Gasteiger partial charge in [-0.3, -0.25) is 9.59 Å². The Morgan fingerprint density at radius 3 is 2.27 bits per heavy atom. The number of unbranched alkanes of at least 4 members (excludes halogenated alkanes) is 1. The number of thioether (sulfide) groups is 1. The third-order valence-electron chi connectivity index (χ3n) is 8.95. The molecular weight excluding hydrogens is 673 g/mol. The van der Waals surface area contributed by atoms with Crippen molar-refractivity contribution >= 4 is 35.0 Å². The van der Waals surface area contributed by atoms with Gasteiger partial charge in [-0.25, -0.2) is 4.98 Å². The Labute approximate surface area is 309 Å². The summed E-state index contributed by atoms with van der Waals surface area (Å²) >= 11 is 1.67. The smallest absolute Gasteiger partial charge is 0.224 e. The molecule has 0 unspecified atom stereocenters. The van der Waals surface area contributed by atoms with E-state index in [0.29, 0.717) is 50.0 Å². The molecule has 4 aromatic carbocycles. The number of amides is 2. The van der Waals surface area contributed by atoms with Crippen LogP contribution in [-0.2, 0) is 32.2 Å². The molecule has 1 fully saturated rings. The summed E-state index contributed by atoms with van der Waals surface area (Å²) in [6.45, 7) is 0.391. The van der Waals surface area contributed by atoms with Crippen molar-refractivity contribution in [3.05, 3.63) is 144 Å². The van der Waals surface area contributed by atoms with E-state index >= 15 is 0 Å². The van der Waals surface area contributed by atoms with Gasteiger partial charge in [-0.1, -0.05) is 91.0 Å². The van der Waals surface area contributed by atoms with Crippen LogP contribution < -0.4 is 16.4 Å². The van der Waals surface area contributed by atoms with Gasteiger partial charge in [-0.2, -0.15) is 0 Å². The predicted octanol–water partition coefficient (Wildman–Crippen LogP) is 7.98. The number of aliphatic hydroxyl groups is 1. The molecule has 5 N–H and O–H groups in total. The number of nitrogens with zero attached hydrogens (tertiary/aromatic N) is 1. The van der Waals surface area contributed by atoms with Gasteiger partial charge >= 0.3 is 0 Å². The van der Waals surface area contributed by atoms with Crippen molar-refractivity contribution in [3.63, 3.8) is 0 Å². The van der Waals surface area contributed by atoms with Crippen LogP contribution in [0.4, 0.5) is 11.4 Å². The van der Waals surface area contributed by atoms with Crippen molar-refractivity contribution in [2.24, 2.45) is 0 Å². The Balaban J connectivity index is 1.05. The number of carbonyl (C=O) groups excluding carboxylic acids is 2. The fraction of sp³-hybridized carbons (Fsp3) is 0.262. The molecule has 1 aliphatic rings. The van der Waals surface area contributed by atoms with Gasteiger partial charge in [0.2, 0.25) is 11.8 Å². The Morgan fingerprint density at radius 1 is 0.808 bits per heavy atom. The number of aromatic nitrogens is 1. The molecule has 9 nitrogen and oxygen atoms in total. The molecule has 1 saturated heterocycles. The second kappa shape index (κ2) is 18.5. The van der Waals surface area contributed by atoms with Crippen LogP contribution in [0.3, 0.4) is 0 Å². The molecule has 0 saturated carbocycles. The van der Waals surface area contributed by atoms with E-state index in [-0.39, 0.29) is 30.6 Å². The highest BCUT2D eigenvalue weighted by Crippen LogP contribution is 2.40. The summed E-state index contributed by atoms with van der Waals surface area (Å²) in [6.07, 6.45) is 3.57. The monoisotopic (exact) mass is 716 g/mol. The van der Waals surface area contributed by atoms with Crippen LogP contribution in [0, 0.1) is 0 Å². The number of ether oxygens (including phenoxy) is 2. The standard InChI is InChI=1S/C42H44N4O5S/c43-36-11-3-4-12-37(36)46-40(49)14-6-5-13-39(48)45-26-33-9-1-2-10-35(33)30-20-22-32(23-21-30)42-50-34(28-52-41-15-7-8-24-44-41)25-38(51-42)31-18-16-29(27-47)17-19-31/h1-4,7-12,15-24,34,38,42,47H,5-6,13-14,25-28,43H2,(H,45,48)(H,46,49)/t34-,38+,42+/m1/s1. The molecule has 0 radical (unpaired) electrons. The van der Waals surface area contributed by atoms with Crippen molar-refractivity contribution in [1.29, 1.82) is 0 Å². The number of benzene rings is 4. The first kappa shape index (κ1) is 36.8. The lowest BCUT2D eigenvalue weighted by Crippen LogP contribution is -2.31. The highest BCUT2D eigenvalue weighted by molar-refractivity contribution is 7.99. The molecule has 6 rings (SSSR count). The van der Waals surface area contributed by atoms with Crippen LogP contribution in [0.2, 0.25) is 0 Å². The molecular formula is C42H44N4O5S. The molecule has 3 atom stereocenters. The second-order valence-corrected chi connectivity index (χ2v) is 13.8. The van der Waals surface area contributed by atoms with Crippen LogP contribution in [0.5, 0.6) is 0 Å². The number of nitrogens with two attached hydrogens (primary N) is 1. The lowest BCUT2D eigenvalue weighted by molar-refractivity contribution is -0.245. The molecule has 2 heterocycles. The zero-order chi connectivity index (χ0) is 36.1. The van der Waals surface area contributed by atoms with E-state index < -0.39 is 6.29 Å². The van der Waals surface area contributed by atoms with E-state index in [1.54, 1.807) is 30.1 Å². The van der Waals surface area contributed by atoms with Crippen LogP contribution in [-0.4, -0.2) is 33.8 Å². The minimum atomic E-state index is -0.559. The van der Waals surface area contributed by atoms with E-state index in [4.69, 9.17) is 15.2 Å². The molecule has 0 spiro atoms. The fourth-order valence-electron chi connectivity index (χ4n) is 6.09. The lowest BCUT2D eigenvalue weighted by Gasteiger charge is -2.36. The molecule has 1 aromatic heterocycles. The molecule has 1 aliphatic heterocycles. The van der Waals surface area contributed by atoms with Crippen LogP contribution in [0.15, 0.2) is 126 Å². The summed E-state index contributed by atoms with van der Waals surface area (Å²) in [5.41, 5.74) is 12.9. The zero-order valence-electron chi connectivity index (χ0n) is 28.9. The number of para-hydroxylation sites is 2. The minimum Gasteiger partial charge on any atom is -0.397 e. The first-order valence-electron chi connectivity index (χ1n) is 17.6. The van der Waals surface area contributed by atoms with Gasteiger partial charge in [0.15, 0.2) is 6.29 Å². The highest BCUT2D eigenvalue weighted by Gasteiger charge is 2.32. The van der Waals surface area contributed by atoms with Gasteiger partial charge in [0.25, 0.3) is 0 Å². The first-order valence-corrected chi connectivity index (χ1v) is 18.6. The van der Waals surface area contributed by atoms with Gasteiger partial charge in [-0.15, -0.1) is 11.8 Å². The van der Waals surface area contributed by atoms with E-state index in [0.717, 1.165) is 44.2 Å². The largest absolute Gasteiger partial charge is 0.397 e. The number of hydrogen-bond donors (Lipinski definition) is 4. The Morgan fingerprint density at radius 2 is 1.52 bits per heavy atom. The van der Waals surface area contributed by atoms with Gasteiger partial charge in [0.05, 0.1) is 35.2 Å². The number of pyridine rings is 1. The van der Waals surface area contributed by atoms with E-state index in [2.05, 4.69) is 33.8 Å². The first-order chi connectivity index (χ1) is 25.4. The third kappa shape index (κ3) is 10.3. The second-order valence-electron chi connectivity index (χ2n) is 12.7. The molecule has 2 amide bonds. The van der Waals surface area contributed by atoms with Gasteiger partial charge in [-0.05, 0) is 64.9 Å². The summed E-state index contributed by atoms with van der Waals surface area (Å²) in [5, 5.41) is 16.4. The van der Waals surface area contributed by atoms with Crippen LogP contribution >= 0.6 is 11.8 Å². The van der Waals surface area contributed by atoms with Crippen molar-refractivity contribution in [2.45, 2.75) is 68.8 Å². The normalized spacial score (nSPS) is 17.0. The molecule has 268 valence electrons. The number of nitrogens with one attached hydrogen (secondary N) is 2. The van der Waals surface area contributed by atoms with Gasteiger partial charge in [0.1, 0.15) is 0 Å². The number of hydrogen-bond acceptors (Lipinski definition) is 8. The molecule has 52 heavy (non-hydrogen) atoms. The third-order valence-corrected chi connectivity index (χ3v) is 10.0. The zero-order valence-corrected chi connectivity index (χ0v) is 29.8. The summed E-state index contributed by atoms with van der Waals surface area (Å²) in [6, 6.07) is 37.2. The maximum atomic E-state index is 12.7. The number of anilines is 2. The number of aliphatic hydroxyl groups excluding tert-OH is 1. The average molecular weight is 717 g/mol. The van der Waals surface area contributed by atoms with E-state index in [1.165, 1.54) is 0 Å². The summed E-state index contributed by atoms with van der Waals surface area (Å²) in [7, 11) is 0. The molecule has 0 aliphatic carbocycles. The predicted molar refractivity (Wildman–Crippen MR) is 205 cm³/mol. The maximum absolute atomic E-state index is 12.7. The quantitative estimate of drug-likeness (QED) is 0.0487. The topological polar surface area (TPSA) is 136 Å². The Kier molecular flexibility index (Phi) is 13.1. The van der Waals surface area contributed by atoms with Crippen molar-refractivity contribution < 1.29 is 24.2 Å². The average Bonchev–Trinajstić information content (AvgIpc) is 3.19. The van der Waals surface area contributed by atoms with Crippen molar-refractivity contribution in [1.82, 2.24) is 10.3 Å². The highest BCUT2D eigenvalue weighted by atomic mass is 32.2. The summed E-state index contributed by atoms with van der Waals surface area (Å²) in [5.74, 6) is 0.562. The lowest BCUT2D eigenvalue weighted by atomic mass is 9.97. The van der Waals surface area contributed by atoms with Crippen molar-refractivity contribution in [3.8, 4) is 11.1 Å². The fourth-order valence-corrected chi connectivity index (χ4v) is 6.97. The number of rotatable bonds is 15. The van der Waals surface area contributed by atoms with E-state index in [9.17, 15) is 14.7 Å². The van der Waals surface area contributed by atoms with Gasteiger partial charge in [0, 0.05) is 43.3 Å². The Hall–Kier alpha value is -5.00. The Bertz CT molecular complexity index is 1910. The van der Waals surface area contributed by atoms with Crippen LogP contribution in [0.1, 0.15) is 66.8 Å². The molecule has 0 bridgehead atoms. The van der Waals surface area contributed by atoms with Crippen LogP contribution in [0.25, 0.3) is 11.1 Å². The number of nitrogen functional groups attached to an aromatic ring is 1. The maximum Gasteiger partial charge on any atom is 0.224 e. The SMILES string of the molecule is Nc1ccccc1NC(=O)CCCCC(=O)NCc1ccccc1-c1ccc([C@H]2O[C@@H](CSc3ccccn3)C[C@@H](c3ccc(CO)cc3)O2)cc1. The summed E-state index contributed by atoms with van der Waals surface area (Å²) < 4.78 is 13.1. The van der Waals surface area contributed by atoms with E-state index in [1.807, 2.05) is 84.9 Å². The van der Waals surface area contributed by atoms with Gasteiger partial charge < -0.3 is 30.9 Å². The molecule has 10 heteroatoms. The molecule has 5 aromatic rings. The number of carbonyl (C=O) groups is 2. The minimum absolute atomic E-state index is 0.00326.